The Hall–Kier alpha value is -3.61. The average Bonchev–Trinajstić information content (AvgIpc) is 3.54. The van der Waals surface area contributed by atoms with Gasteiger partial charge in [-0.1, -0.05) is 6.08 Å². The third-order valence-corrected chi connectivity index (χ3v) is 4.17. The molecule has 4 amide bonds. The van der Waals surface area contributed by atoms with Crippen molar-refractivity contribution < 1.29 is 14.4 Å². The minimum absolute atomic E-state index is 0.0316. The molecule has 7 heteroatoms. The molecule has 0 heterocycles. The third-order valence-electron chi connectivity index (χ3n) is 4.17. The van der Waals surface area contributed by atoms with E-state index >= 15 is 0 Å². The summed E-state index contributed by atoms with van der Waals surface area (Å²) in [4.78, 5) is 35.7. The molecule has 0 radical (unpaired) electrons. The van der Waals surface area contributed by atoms with Crippen LogP contribution in [0.1, 0.15) is 23.2 Å². The number of carbonyl (C=O) groups is 3. The predicted molar refractivity (Wildman–Crippen MR) is 109 cm³/mol. The summed E-state index contributed by atoms with van der Waals surface area (Å²) in [6.07, 6.45) is 3.48. The van der Waals surface area contributed by atoms with Gasteiger partial charge in [-0.25, -0.2) is 4.79 Å². The molecular formula is C21H22N4O3. The Morgan fingerprint density at radius 2 is 1.39 bits per heavy atom. The van der Waals surface area contributed by atoms with Crippen molar-refractivity contribution >= 4 is 34.9 Å². The van der Waals surface area contributed by atoms with Crippen molar-refractivity contribution in [1.82, 2.24) is 5.32 Å². The van der Waals surface area contributed by atoms with Gasteiger partial charge in [0.15, 0.2) is 0 Å². The summed E-state index contributed by atoms with van der Waals surface area (Å²) in [6.45, 7) is 3.91. The summed E-state index contributed by atoms with van der Waals surface area (Å²) >= 11 is 0. The van der Waals surface area contributed by atoms with Gasteiger partial charge in [-0.3, -0.25) is 9.59 Å². The number of anilines is 3. The van der Waals surface area contributed by atoms with Crippen molar-refractivity contribution in [3.8, 4) is 0 Å². The number of hydrogen-bond acceptors (Lipinski definition) is 3. The Bertz CT molecular complexity index is 872. The summed E-state index contributed by atoms with van der Waals surface area (Å²) in [5.74, 6) is -0.0953. The van der Waals surface area contributed by atoms with Crippen LogP contribution in [-0.2, 0) is 4.79 Å². The number of urea groups is 1. The lowest BCUT2D eigenvalue weighted by molar-refractivity contribution is -0.117. The number of benzene rings is 2. The van der Waals surface area contributed by atoms with Gasteiger partial charge in [0.2, 0.25) is 5.91 Å². The van der Waals surface area contributed by atoms with Gasteiger partial charge < -0.3 is 21.3 Å². The zero-order chi connectivity index (χ0) is 19.9. The predicted octanol–water partition coefficient (Wildman–Crippen LogP) is 3.59. The maximum absolute atomic E-state index is 12.4. The smallest absolute Gasteiger partial charge is 0.319 e. The molecule has 2 aromatic carbocycles. The van der Waals surface area contributed by atoms with Gasteiger partial charge in [0.1, 0.15) is 0 Å². The molecule has 0 aliphatic heterocycles. The second-order valence-corrected chi connectivity index (χ2v) is 6.50. The minimum Gasteiger partial charge on any atom is -0.334 e. The van der Waals surface area contributed by atoms with Crippen molar-refractivity contribution in [2.24, 2.45) is 5.92 Å². The molecule has 0 atom stereocenters. The topological polar surface area (TPSA) is 99.3 Å². The van der Waals surface area contributed by atoms with Crippen LogP contribution < -0.4 is 21.3 Å². The molecule has 0 spiro atoms. The maximum atomic E-state index is 12.4. The largest absolute Gasteiger partial charge is 0.334 e. The highest BCUT2D eigenvalue weighted by atomic mass is 16.2. The van der Waals surface area contributed by atoms with E-state index in [9.17, 15) is 14.4 Å². The van der Waals surface area contributed by atoms with E-state index in [0.717, 1.165) is 12.8 Å². The Morgan fingerprint density at radius 1 is 0.857 bits per heavy atom. The summed E-state index contributed by atoms with van der Waals surface area (Å²) in [5, 5.41) is 10.9. The van der Waals surface area contributed by atoms with Crippen molar-refractivity contribution in [2.45, 2.75) is 12.8 Å². The van der Waals surface area contributed by atoms with Gasteiger partial charge in [-0.05, 0) is 61.4 Å². The molecule has 1 saturated carbocycles. The number of rotatable bonds is 7. The SMILES string of the molecule is C=CCNC(=O)Nc1ccc(NC(=O)c2ccc(NC(=O)C3CC3)cc2)cc1. The summed E-state index contributed by atoms with van der Waals surface area (Å²) in [7, 11) is 0. The molecule has 7 nitrogen and oxygen atoms in total. The van der Waals surface area contributed by atoms with Crippen LogP contribution in [0.15, 0.2) is 61.2 Å². The summed E-state index contributed by atoms with van der Waals surface area (Å²) in [6, 6.07) is 13.2. The van der Waals surface area contributed by atoms with Crippen LogP contribution >= 0.6 is 0 Å². The lowest BCUT2D eigenvalue weighted by atomic mass is 10.2. The number of nitrogens with one attached hydrogen (secondary N) is 4. The first-order chi connectivity index (χ1) is 13.5. The Kier molecular flexibility index (Phi) is 6.06. The fourth-order valence-electron chi connectivity index (χ4n) is 2.48. The molecule has 2 aromatic rings. The molecule has 3 rings (SSSR count). The molecule has 1 aliphatic rings. The van der Waals surface area contributed by atoms with Gasteiger partial charge in [0, 0.05) is 35.1 Å². The van der Waals surface area contributed by atoms with Crippen molar-refractivity contribution in [2.75, 3.05) is 22.5 Å². The van der Waals surface area contributed by atoms with E-state index in [0.29, 0.717) is 29.2 Å². The van der Waals surface area contributed by atoms with E-state index in [1.807, 2.05) is 0 Å². The Labute approximate surface area is 163 Å². The lowest BCUT2D eigenvalue weighted by Gasteiger charge is -2.09. The van der Waals surface area contributed by atoms with E-state index in [-0.39, 0.29) is 23.8 Å². The van der Waals surface area contributed by atoms with E-state index < -0.39 is 0 Å². The molecule has 0 unspecified atom stereocenters. The van der Waals surface area contributed by atoms with E-state index in [1.54, 1.807) is 54.6 Å². The first-order valence-corrected chi connectivity index (χ1v) is 9.03. The van der Waals surface area contributed by atoms with Gasteiger partial charge in [-0.15, -0.1) is 6.58 Å². The van der Waals surface area contributed by atoms with Crippen LogP contribution in [0, 0.1) is 5.92 Å². The first kappa shape index (κ1) is 19.2. The Morgan fingerprint density at radius 3 is 1.96 bits per heavy atom. The molecule has 0 saturated heterocycles. The average molecular weight is 378 g/mol. The molecule has 1 fully saturated rings. The van der Waals surface area contributed by atoms with Crippen LogP contribution in [0.4, 0.5) is 21.9 Å². The standard InChI is InChI=1S/C21H22N4O3/c1-2-13-22-21(28)25-18-11-9-17(10-12-18)24-20(27)15-5-7-16(8-6-15)23-19(26)14-3-4-14/h2,5-12,14H,1,3-4,13H2,(H,23,26)(H,24,27)(H2,22,25,28). The van der Waals surface area contributed by atoms with Crippen LogP contribution in [0.3, 0.4) is 0 Å². The maximum Gasteiger partial charge on any atom is 0.319 e. The van der Waals surface area contributed by atoms with Crippen molar-refractivity contribution in [3.63, 3.8) is 0 Å². The number of amides is 4. The van der Waals surface area contributed by atoms with E-state index in [2.05, 4.69) is 27.8 Å². The minimum atomic E-state index is -0.328. The van der Waals surface area contributed by atoms with Gasteiger partial charge in [0.05, 0.1) is 0 Å². The number of carbonyl (C=O) groups excluding carboxylic acids is 3. The van der Waals surface area contributed by atoms with Gasteiger partial charge in [-0.2, -0.15) is 0 Å². The molecule has 0 bridgehead atoms. The highest BCUT2D eigenvalue weighted by molar-refractivity contribution is 6.05. The second kappa shape index (κ2) is 8.85. The second-order valence-electron chi connectivity index (χ2n) is 6.50. The zero-order valence-corrected chi connectivity index (χ0v) is 15.3. The lowest BCUT2D eigenvalue weighted by Crippen LogP contribution is -2.28. The van der Waals surface area contributed by atoms with Crippen LogP contribution in [0.5, 0.6) is 0 Å². The van der Waals surface area contributed by atoms with E-state index in [1.165, 1.54) is 0 Å². The monoisotopic (exact) mass is 378 g/mol. The van der Waals surface area contributed by atoms with Gasteiger partial charge >= 0.3 is 6.03 Å². The van der Waals surface area contributed by atoms with E-state index in [4.69, 9.17) is 0 Å². The van der Waals surface area contributed by atoms with Crippen LogP contribution in [0.25, 0.3) is 0 Å². The molecule has 1 aliphatic carbocycles. The fraction of sp³-hybridized carbons (Fsp3) is 0.190. The fourth-order valence-corrected chi connectivity index (χ4v) is 2.48. The number of hydrogen-bond donors (Lipinski definition) is 4. The quantitative estimate of drug-likeness (QED) is 0.554. The Balaban J connectivity index is 1.53. The zero-order valence-electron chi connectivity index (χ0n) is 15.3. The van der Waals surface area contributed by atoms with Crippen LogP contribution in [-0.4, -0.2) is 24.4 Å². The normalized spacial score (nSPS) is 12.6. The third kappa shape index (κ3) is 5.44. The molecule has 0 aromatic heterocycles. The van der Waals surface area contributed by atoms with Gasteiger partial charge in [0.25, 0.3) is 5.91 Å². The van der Waals surface area contributed by atoms with Crippen LogP contribution in [0.2, 0.25) is 0 Å². The molecule has 144 valence electrons. The van der Waals surface area contributed by atoms with Crippen molar-refractivity contribution in [1.29, 1.82) is 0 Å². The van der Waals surface area contributed by atoms with Crippen molar-refractivity contribution in [3.05, 3.63) is 66.7 Å². The first-order valence-electron chi connectivity index (χ1n) is 9.03. The molecular weight excluding hydrogens is 356 g/mol. The molecule has 28 heavy (non-hydrogen) atoms. The summed E-state index contributed by atoms with van der Waals surface area (Å²) in [5.41, 5.74) is 2.37. The summed E-state index contributed by atoms with van der Waals surface area (Å²) < 4.78 is 0. The highest BCUT2D eigenvalue weighted by Crippen LogP contribution is 2.30. The molecule has 4 N–H and O–H groups in total. The highest BCUT2D eigenvalue weighted by Gasteiger charge is 2.29.